The molecule has 0 radical (unpaired) electrons. The molecule has 0 saturated carbocycles. The number of pyridine rings is 1. The van der Waals surface area contributed by atoms with E-state index in [1.165, 1.54) is 0 Å². The van der Waals surface area contributed by atoms with E-state index in [-0.39, 0.29) is 24.2 Å². The Balaban J connectivity index is 0.00000220. The SMILES string of the molecule is CCCOc1ccc(CNC(=O)C2CCNCC2)cn1.Cl. The van der Waals surface area contributed by atoms with Crippen LogP contribution in [0, 0.1) is 5.92 Å². The monoisotopic (exact) mass is 313 g/mol. The van der Waals surface area contributed by atoms with Crippen LogP contribution in [0.1, 0.15) is 31.7 Å². The highest BCUT2D eigenvalue weighted by Gasteiger charge is 2.20. The molecule has 1 saturated heterocycles. The number of nitrogens with one attached hydrogen (secondary N) is 2. The molecule has 6 heteroatoms. The number of amides is 1. The number of hydrogen-bond acceptors (Lipinski definition) is 4. The first-order valence-electron chi connectivity index (χ1n) is 7.35. The van der Waals surface area contributed by atoms with Crippen LogP contribution in [0.5, 0.6) is 5.88 Å². The highest BCUT2D eigenvalue weighted by molar-refractivity contribution is 5.85. The van der Waals surface area contributed by atoms with Gasteiger partial charge in [-0.1, -0.05) is 13.0 Å². The van der Waals surface area contributed by atoms with Crippen LogP contribution in [0.25, 0.3) is 0 Å². The zero-order chi connectivity index (χ0) is 14.2. The number of hydrogen-bond donors (Lipinski definition) is 2. The number of rotatable bonds is 6. The van der Waals surface area contributed by atoms with Gasteiger partial charge in [-0.2, -0.15) is 0 Å². The fourth-order valence-electron chi connectivity index (χ4n) is 2.23. The molecule has 0 bridgehead atoms. The van der Waals surface area contributed by atoms with Crippen LogP contribution in [0.3, 0.4) is 0 Å². The van der Waals surface area contributed by atoms with E-state index in [2.05, 4.69) is 22.5 Å². The molecule has 118 valence electrons. The van der Waals surface area contributed by atoms with Crippen molar-refractivity contribution in [3.8, 4) is 5.88 Å². The average molecular weight is 314 g/mol. The van der Waals surface area contributed by atoms with Crippen molar-refractivity contribution in [2.24, 2.45) is 5.92 Å². The van der Waals surface area contributed by atoms with Crippen molar-refractivity contribution in [1.29, 1.82) is 0 Å². The van der Waals surface area contributed by atoms with Gasteiger partial charge in [0.05, 0.1) is 6.61 Å². The fraction of sp³-hybridized carbons (Fsp3) is 0.600. The summed E-state index contributed by atoms with van der Waals surface area (Å²) in [5.74, 6) is 0.939. The van der Waals surface area contributed by atoms with Gasteiger partial charge in [-0.05, 0) is 37.9 Å². The lowest BCUT2D eigenvalue weighted by atomic mass is 9.97. The maximum absolute atomic E-state index is 12.0. The zero-order valence-corrected chi connectivity index (χ0v) is 13.2. The normalized spacial score (nSPS) is 15.1. The third-order valence-corrected chi connectivity index (χ3v) is 3.43. The number of ether oxygens (including phenoxy) is 1. The molecule has 2 heterocycles. The first-order chi connectivity index (χ1) is 9.79. The Labute approximate surface area is 132 Å². The van der Waals surface area contributed by atoms with Gasteiger partial charge >= 0.3 is 0 Å². The summed E-state index contributed by atoms with van der Waals surface area (Å²) in [7, 11) is 0. The maximum Gasteiger partial charge on any atom is 0.223 e. The van der Waals surface area contributed by atoms with Crippen LogP contribution in [0.15, 0.2) is 18.3 Å². The van der Waals surface area contributed by atoms with Gasteiger partial charge in [0, 0.05) is 24.7 Å². The predicted molar refractivity (Wildman–Crippen MR) is 84.7 cm³/mol. The Bertz CT molecular complexity index is 419. The Morgan fingerprint density at radius 1 is 1.43 bits per heavy atom. The van der Waals surface area contributed by atoms with Gasteiger partial charge in [-0.15, -0.1) is 12.4 Å². The van der Waals surface area contributed by atoms with E-state index in [1.54, 1.807) is 6.20 Å². The zero-order valence-electron chi connectivity index (χ0n) is 12.4. The lowest BCUT2D eigenvalue weighted by Crippen LogP contribution is -2.37. The van der Waals surface area contributed by atoms with Crippen LogP contribution in [-0.2, 0) is 11.3 Å². The smallest absolute Gasteiger partial charge is 0.223 e. The summed E-state index contributed by atoms with van der Waals surface area (Å²) in [6.07, 6.45) is 4.57. The number of nitrogens with zero attached hydrogens (tertiary/aromatic N) is 1. The molecule has 1 aliphatic rings. The molecular formula is C15H24ClN3O2. The Kier molecular flexibility index (Phi) is 8.08. The van der Waals surface area contributed by atoms with Gasteiger partial charge in [-0.3, -0.25) is 4.79 Å². The van der Waals surface area contributed by atoms with Crippen molar-refractivity contribution in [1.82, 2.24) is 15.6 Å². The molecule has 0 spiro atoms. The number of halogens is 1. The van der Waals surface area contributed by atoms with E-state index >= 15 is 0 Å². The number of aromatic nitrogens is 1. The Hall–Kier alpha value is -1.33. The maximum atomic E-state index is 12.0. The molecule has 1 aromatic rings. The van der Waals surface area contributed by atoms with Crippen LogP contribution in [0.2, 0.25) is 0 Å². The summed E-state index contributed by atoms with van der Waals surface area (Å²) >= 11 is 0. The van der Waals surface area contributed by atoms with Crippen LogP contribution in [0.4, 0.5) is 0 Å². The molecular weight excluding hydrogens is 290 g/mol. The second-order valence-electron chi connectivity index (χ2n) is 5.10. The molecule has 1 aromatic heterocycles. The van der Waals surface area contributed by atoms with Crippen molar-refractivity contribution < 1.29 is 9.53 Å². The first kappa shape index (κ1) is 17.7. The molecule has 2 N–H and O–H groups in total. The molecule has 0 unspecified atom stereocenters. The number of carbonyl (C=O) groups is 1. The molecule has 21 heavy (non-hydrogen) atoms. The van der Waals surface area contributed by atoms with Gasteiger partial charge in [0.1, 0.15) is 0 Å². The van der Waals surface area contributed by atoms with Crippen LogP contribution >= 0.6 is 12.4 Å². The summed E-state index contributed by atoms with van der Waals surface area (Å²) < 4.78 is 5.43. The van der Waals surface area contributed by atoms with E-state index in [1.807, 2.05) is 12.1 Å². The Morgan fingerprint density at radius 3 is 2.81 bits per heavy atom. The highest BCUT2D eigenvalue weighted by atomic mass is 35.5. The standard InChI is InChI=1S/C15H23N3O2.ClH/c1-2-9-20-14-4-3-12(10-17-14)11-18-15(19)13-5-7-16-8-6-13;/h3-4,10,13,16H,2,5-9,11H2,1H3,(H,18,19);1H. The van der Waals surface area contributed by atoms with Gasteiger partial charge in [-0.25, -0.2) is 4.98 Å². The molecule has 1 fully saturated rings. The molecule has 0 aliphatic carbocycles. The second kappa shape index (κ2) is 9.58. The summed E-state index contributed by atoms with van der Waals surface area (Å²) in [4.78, 5) is 16.2. The third kappa shape index (κ3) is 5.89. The molecule has 0 atom stereocenters. The third-order valence-electron chi connectivity index (χ3n) is 3.43. The van der Waals surface area contributed by atoms with Crippen molar-refractivity contribution in [2.75, 3.05) is 19.7 Å². The van der Waals surface area contributed by atoms with Crippen molar-refractivity contribution in [3.05, 3.63) is 23.9 Å². The summed E-state index contributed by atoms with van der Waals surface area (Å²) in [6, 6.07) is 3.79. The topological polar surface area (TPSA) is 63.2 Å². The van der Waals surface area contributed by atoms with Crippen LogP contribution < -0.4 is 15.4 Å². The van der Waals surface area contributed by atoms with Crippen molar-refractivity contribution in [2.45, 2.75) is 32.7 Å². The average Bonchev–Trinajstić information content (AvgIpc) is 2.52. The van der Waals surface area contributed by atoms with E-state index < -0.39 is 0 Å². The predicted octanol–water partition coefficient (Wildman–Crippen LogP) is 1.91. The first-order valence-corrected chi connectivity index (χ1v) is 7.35. The highest BCUT2D eigenvalue weighted by Crippen LogP contribution is 2.12. The van der Waals surface area contributed by atoms with Gasteiger partial charge in [0.2, 0.25) is 11.8 Å². The van der Waals surface area contributed by atoms with E-state index in [9.17, 15) is 4.79 Å². The van der Waals surface area contributed by atoms with E-state index in [4.69, 9.17) is 4.74 Å². The lowest BCUT2D eigenvalue weighted by Gasteiger charge is -2.21. The molecule has 1 amide bonds. The number of carbonyl (C=O) groups excluding carboxylic acids is 1. The molecule has 2 rings (SSSR count). The van der Waals surface area contributed by atoms with Gasteiger partial charge in [0.15, 0.2) is 0 Å². The lowest BCUT2D eigenvalue weighted by molar-refractivity contribution is -0.125. The van der Waals surface area contributed by atoms with Crippen LogP contribution in [-0.4, -0.2) is 30.6 Å². The number of piperidine rings is 1. The molecule has 0 aromatic carbocycles. The second-order valence-corrected chi connectivity index (χ2v) is 5.10. The molecule has 5 nitrogen and oxygen atoms in total. The minimum absolute atomic E-state index is 0. The van der Waals surface area contributed by atoms with E-state index in [0.717, 1.165) is 37.9 Å². The van der Waals surface area contributed by atoms with Crippen molar-refractivity contribution in [3.63, 3.8) is 0 Å². The molecule has 1 aliphatic heterocycles. The van der Waals surface area contributed by atoms with Crippen molar-refractivity contribution >= 4 is 18.3 Å². The minimum atomic E-state index is 0. The van der Waals surface area contributed by atoms with Gasteiger partial charge < -0.3 is 15.4 Å². The summed E-state index contributed by atoms with van der Waals surface area (Å²) in [6.45, 7) is 5.14. The quantitative estimate of drug-likeness (QED) is 0.842. The largest absolute Gasteiger partial charge is 0.478 e. The summed E-state index contributed by atoms with van der Waals surface area (Å²) in [5.41, 5.74) is 0.996. The van der Waals surface area contributed by atoms with Gasteiger partial charge in [0.25, 0.3) is 0 Å². The minimum Gasteiger partial charge on any atom is -0.478 e. The van der Waals surface area contributed by atoms with E-state index in [0.29, 0.717) is 19.0 Å². The Morgan fingerprint density at radius 2 is 2.19 bits per heavy atom. The summed E-state index contributed by atoms with van der Waals surface area (Å²) in [5, 5.41) is 6.25. The fourth-order valence-corrected chi connectivity index (χ4v) is 2.23.